The molecule has 2 aromatic rings. The van der Waals surface area contributed by atoms with Crippen LogP contribution in [0.25, 0.3) is 10.9 Å². The number of hydrogen-bond donors (Lipinski definition) is 0. The fourth-order valence-corrected chi connectivity index (χ4v) is 1.60. The molecule has 0 aliphatic carbocycles. The number of nitrogens with zero attached hydrogens (tertiary/aromatic N) is 2. The van der Waals surface area contributed by atoms with Gasteiger partial charge >= 0.3 is 0 Å². The molecule has 3 heteroatoms. The summed E-state index contributed by atoms with van der Waals surface area (Å²) in [5.74, 6) is 0.845. The van der Waals surface area contributed by atoms with Crippen molar-refractivity contribution in [1.82, 2.24) is 9.97 Å². The number of rotatable bonds is 0. The average molecular weight is 221 g/mol. The first-order valence-electron chi connectivity index (χ1n) is 4.90. The Bertz CT molecular complexity index is 500. The molecule has 0 saturated carbocycles. The van der Waals surface area contributed by atoms with E-state index in [1.807, 2.05) is 18.2 Å². The van der Waals surface area contributed by atoms with Gasteiger partial charge in [-0.25, -0.2) is 9.97 Å². The van der Waals surface area contributed by atoms with Crippen molar-refractivity contribution >= 4 is 22.5 Å². The van der Waals surface area contributed by atoms with Crippen LogP contribution in [-0.4, -0.2) is 9.97 Å². The van der Waals surface area contributed by atoms with Gasteiger partial charge in [-0.1, -0.05) is 38.4 Å². The zero-order valence-electron chi connectivity index (χ0n) is 9.08. The van der Waals surface area contributed by atoms with Gasteiger partial charge in [-0.05, 0) is 12.1 Å². The molecule has 1 aromatic heterocycles. The first-order chi connectivity index (χ1) is 6.98. The summed E-state index contributed by atoms with van der Waals surface area (Å²) in [6.07, 6.45) is 1.80. The number of halogens is 1. The van der Waals surface area contributed by atoms with Crippen LogP contribution >= 0.6 is 11.6 Å². The van der Waals surface area contributed by atoms with Crippen molar-refractivity contribution < 1.29 is 0 Å². The smallest absolute Gasteiger partial charge is 0.134 e. The minimum atomic E-state index is -0.0312. The maximum Gasteiger partial charge on any atom is 0.134 e. The lowest BCUT2D eigenvalue weighted by Gasteiger charge is -2.16. The van der Waals surface area contributed by atoms with E-state index >= 15 is 0 Å². The Balaban J connectivity index is 2.68. The van der Waals surface area contributed by atoms with E-state index in [1.165, 1.54) is 0 Å². The highest BCUT2D eigenvalue weighted by atomic mass is 35.5. The molecule has 0 fully saturated rings. The Kier molecular flexibility index (Phi) is 2.39. The maximum absolute atomic E-state index is 6.04. The van der Waals surface area contributed by atoms with Gasteiger partial charge in [-0.2, -0.15) is 0 Å². The van der Waals surface area contributed by atoms with Gasteiger partial charge in [0.15, 0.2) is 0 Å². The Labute approximate surface area is 94.3 Å². The minimum Gasteiger partial charge on any atom is -0.240 e. The SMILES string of the molecule is CC(C)(C)c1ncc2c(Cl)cccc2n1. The number of aromatic nitrogens is 2. The third-order valence-electron chi connectivity index (χ3n) is 2.24. The Hall–Kier alpha value is -1.15. The maximum atomic E-state index is 6.04. The molecule has 0 radical (unpaired) electrons. The quantitative estimate of drug-likeness (QED) is 0.678. The molecule has 0 bridgehead atoms. The number of hydrogen-bond acceptors (Lipinski definition) is 2. The molecule has 0 saturated heterocycles. The van der Waals surface area contributed by atoms with E-state index in [1.54, 1.807) is 6.20 Å². The van der Waals surface area contributed by atoms with Gasteiger partial charge < -0.3 is 0 Å². The zero-order chi connectivity index (χ0) is 11.1. The normalized spacial score (nSPS) is 12.0. The molecule has 1 aromatic carbocycles. The Morgan fingerprint density at radius 3 is 2.60 bits per heavy atom. The topological polar surface area (TPSA) is 25.8 Å². The van der Waals surface area contributed by atoms with Crippen LogP contribution in [0.2, 0.25) is 5.02 Å². The summed E-state index contributed by atoms with van der Waals surface area (Å²) in [5, 5.41) is 1.61. The molecule has 2 rings (SSSR count). The summed E-state index contributed by atoms with van der Waals surface area (Å²) in [4.78, 5) is 8.86. The fourth-order valence-electron chi connectivity index (χ4n) is 1.38. The lowest BCUT2D eigenvalue weighted by Crippen LogP contribution is -2.15. The second-order valence-corrected chi connectivity index (χ2v) is 5.02. The highest BCUT2D eigenvalue weighted by molar-refractivity contribution is 6.35. The van der Waals surface area contributed by atoms with Crippen LogP contribution in [0.5, 0.6) is 0 Å². The van der Waals surface area contributed by atoms with Crippen LogP contribution in [0.1, 0.15) is 26.6 Å². The van der Waals surface area contributed by atoms with Gasteiger partial charge in [-0.3, -0.25) is 0 Å². The standard InChI is InChI=1S/C12H13ClN2/c1-12(2,3)11-14-7-8-9(13)5-4-6-10(8)15-11/h4-7H,1-3H3. The third kappa shape index (κ3) is 1.95. The molecule has 15 heavy (non-hydrogen) atoms. The van der Waals surface area contributed by atoms with Gasteiger partial charge in [-0.15, -0.1) is 0 Å². The largest absolute Gasteiger partial charge is 0.240 e. The fraction of sp³-hybridized carbons (Fsp3) is 0.333. The first-order valence-corrected chi connectivity index (χ1v) is 5.28. The van der Waals surface area contributed by atoms with E-state index in [0.717, 1.165) is 16.7 Å². The predicted molar refractivity (Wildman–Crippen MR) is 63.2 cm³/mol. The lowest BCUT2D eigenvalue weighted by molar-refractivity contribution is 0.548. The molecular formula is C12H13ClN2. The van der Waals surface area contributed by atoms with E-state index in [2.05, 4.69) is 30.7 Å². The highest BCUT2D eigenvalue weighted by Gasteiger charge is 2.17. The molecule has 0 aliphatic heterocycles. The summed E-state index contributed by atoms with van der Waals surface area (Å²) in [6, 6.07) is 5.71. The third-order valence-corrected chi connectivity index (χ3v) is 2.57. The number of benzene rings is 1. The van der Waals surface area contributed by atoms with E-state index in [-0.39, 0.29) is 5.41 Å². The predicted octanol–water partition coefficient (Wildman–Crippen LogP) is 3.58. The van der Waals surface area contributed by atoms with E-state index < -0.39 is 0 Å². The molecule has 0 spiro atoms. The molecular weight excluding hydrogens is 208 g/mol. The van der Waals surface area contributed by atoms with Crippen LogP contribution in [0, 0.1) is 0 Å². The first kappa shape index (κ1) is 10.4. The summed E-state index contributed by atoms with van der Waals surface area (Å²) in [7, 11) is 0. The minimum absolute atomic E-state index is 0.0312. The van der Waals surface area contributed by atoms with Crippen LogP contribution in [0.3, 0.4) is 0 Å². The summed E-state index contributed by atoms with van der Waals surface area (Å²) >= 11 is 6.04. The van der Waals surface area contributed by atoms with Crippen LogP contribution in [0.4, 0.5) is 0 Å². The van der Waals surface area contributed by atoms with Gasteiger partial charge in [0.2, 0.25) is 0 Å². The van der Waals surface area contributed by atoms with Gasteiger partial charge in [0.25, 0.3) is 0 Å². The van der Waals surface area contributed by atoms with Gasteiger partial charge in [0.1, 0.15) is 5.82 Å². The van der Waals surface area contributed by atoms with Crippen molar-refractivity contribution in [3.8, 4) is 0 Å². The van der Waals surface area contributed by atoms with E-state index in [0.29, 0.717) is 5.02 Å². The average Bonchev–Trinajstić information content (AvgIpc) is 2.16. The Morgan fingerprint density at radius 1 is 1.20 bits per heavy atom. The summed E-state index contributed by atoms with van der Waals surface area (Å²) < 4.78 is 0. The van der Waals surface area contributed by atoms with Gasteiger partial charge in [0, 0.05) is 17.0 Å². The molecule has 0 atom stereocenters. The van der Waals surface area contributed by atoms with Gasteiger partial charge in [0.05, 0.1) is 10.5 Å². The van der Waals surface area contributed by atoms with Crippen molar-refractivity contribution in [2.24, 2.45) is 0 Å². The van der Waals surface area contributed by atoms with E-state index in [4.69, 9.17) is 11.6 Å². The van der Waals surface area contributed by atoms with Crippen molar-refractivity contribution in [2.45, 2.75) is 26.2 Å². The summed E-state index contributed by atoms with van der Waals surface area (Å²) in [5.41, 5.74) is 0.874. The van der Waals surface area contributed by atoms with Crippen molar-refractivity contribution in [2.75, 3.05) is 0 Å². The Morgan fingerprint density at radius 2 is 1.93 bits per heavy atom. The summed E-state index contributed by atoms with van der Waals surface area (Å²) in [6.45, 7) is 6.29. The molecule has 1 heterocycles. The molecule has 2 nitrogen and oxygen atoms in total. The van der Waals surface area contributed by atoms with Crippen molar-refractivity contribution in [1.29, 1.82) is 0 Å². The van der Waals surface area contributed by atoms with Crippen LogP contribution in [0.15, 0.2) is 24.4 Å². The zero-order valence-corrected chi connectivity index (χ0v) is 9.84. The van der Waals surface area contributed by atoms with Crippen LogP contribution in [-0.2, 0) is 5.41 Å². The van der Waals surface area contributed by atoms with Crippen molar-refractivity contribution in [3.63, 3.8) is 0 Å². The van der Waals surface area contributed by atoms with Crippen LogP contribution < -0.4 is 0 Å². The molecule has 0 unspecified atom stereocenters. The van der Waals surface area contributed by atoms with Crippen molar-refractivity contribution in [3.05, 3.63) is 35.2 Å². The highest BCUT2D eigenvalue weighted by Crippen LogP contribution is 2.24. The molecule has 0 amide bonds. The lowest BCUT2D eigenvalue weighted by atomic mass is 9.95. The monoisotopic (exact) mass is 220 g/mol. The number of fused-ring (bicyclic) bond motifs is 1. The molecule has 0 aliphatic rings. The second-order valence-electron chi connectivity index (χ2n) is 4.62. The van der Waals surface area contributed by atoms with E-state index in [9.17, 15) is 0 Å². The molecule has 78 valence electrons. The second kappa shape index (κ2) is 3.46. The molecule has 0 N–H and O–H groups in total.